The van der Waals surface area contributed by atoms with E-state index in [0.717, 1.165) is 22.0 Å². The van der Waals surface area contributed by atoms with Crippen molar-refractivity contribution >= 4 is 17.2 Å². The molecule has 1 N–H and O–H groups in total. The molecular formula is C26H26FN3O4S. The first-order chi connectivity index (χ1) is 16.8. The largest absolute Gasteiger partial charge is 0.488 e. The number of H-pyrrole nitrogens is 1. The van der Waals surface area contributed by atoms with Crippen molar-refractivity contribution in [3.05, 3.63) is 71.5 Å². The molecule has 0 saturated heterocycles. The Morgan fingerprint density at radius 2 is 1.89 bits per heavy atom. The summed E-state index contributed by atoms with van der Waals surface area (Å²) in [5, 5.41) is 2.79. The third kappa shape index (κ3) is 5.87. The van der Waals surface area contributed by atoms with E-state index in [2.05, 4.69) is 9.97 Å². The molecule has 182 valence electrons. The lowest BCUT2D eigenvalue weighted by atomic mass is 10.1. The molecule has 0 aliphatic rings. The summed E-state index contributed by atoms with van der Waals surface area (Å²) in [7, 11) is 4.84. The van der Waals surface area contributed by atoms with Crippen LogP contribution in [0.1, 0.15) is 17.3 Å². The van der Waals surface area contributed by atoms with E-state index in [1.807, 2.05) is 30.5 Å². The van der Waals surface area contributed by atoms with Crippen LogP contribution in [0.5, 0.6) is 17.2 Å². The summed E-state index contributed by atoms with van der Waals surface area (Å²) in [4.78, 5) is 21.2. The lowest BCUT2D eigenvalue weighted by Gasteiger charge is -2.16. The summed E-state index contributed by atoms with van der Waals surface area (Å²) in [5.74, 6) is 0.0148. The van der Waals surface area contributed by atoms with Gasteiger partial charge in [-0.2, -0.15) is 0 Å². The van der Waals surface area contributed by atoms with Crippen molar-refractivity contribution in [1.29, 1.82) is 0 Å². The zero-order chi connectivity index (χ0) is 24.9. The molecule has 35 heavy (non-hydrogen) atoms. The van der Waals surface area contributed by atoms with Crippen molar-refractivity contribution in [2.24, 2.45) is 0 Å². The number of hydrogen-bond donors (Lipinski definition) is 1. The molecule has 7 nitrogen and oxygen atoms in total. The zero-order valence-electron chi connectivity index (χ0n) is 19.9. The molecule has 0 aliphatic heterocycles. The first-order valence-corrected chi connectivity index (χ1v) is 11.8. The van der Waals surface area contributed by atoms with E-state index in [0.29, 0.717) is 18.1 Å². The van der Waals surface area contributed by atoms with Gasteiger partial charge in [0.05, 0.1) is 12.3 Å². The minimum atomic E-state index is -0.635. The third-order valence-electron chi connectivity index (χ3n) is 5.09. The van der Waals surface area contributed by atoms with Crippen LogP contribution in [0.15, 0.2) is 60.1 Å². The maximum Gasteiger partial charge on any atom is 0.253 e. The van der Waals surface area contributed by atoms with E-state index in [9.17, 15) is 9.18 Å². The molecule has 4 aromatic rings. The summed E-state index contributed by atoms with van der Waals surface area (Å²) in [5.41, 5.74) is 2.76. The van der Waals surface area contributed by atoms with Crippen molar-refractivity contribution in [2.45, 2.75) is 13.0 Å². The molecule has 0 spiro atoms. The number of rotatable bonds is 9. The highest BCUT2D eigenvalue weighted by Crippen LogP contribution is 2.35. The number of nitrogens with one attached hydrogen (secondary N) is 1. The van der Waals surface area contributed by atoms with Gasteiger partial charge in [0.15, 0.2) is 11.6 Å². The van der Waals surface area contributed by atoms with Crippen LogP contribution in [-0.4, -0.2) is 54.7 Å². The fourth-order valence-electron chi connectivity index (χ4n) is 3.50. The van der Waals surface area contributed by atoms with E-state index in [1.165, 1.54) is 34.4 Å². The van der Waals surface area contributed by atoms with Crippen molar-refractivity contribution in [2.75, 3.05) is 27.8 Å². The number of amides is 1. The smallest absolute Gasteiger partial charge is 0.253 e. The zero-order valence-corrected chi connectivity index (χ0v) is 20.7. The molecule has 0 saturated carbocycles. The number of aromatic amines is 1. The fraction of sp³-hybridized carbons (Fsp3) is 0.231. The van der Waals surface area contributed by atoms with Crippen LogP contribution in [0.25, 0.3) is 22.0 Å². The second-order valence-electron chi connectivity index (χ2n) is 8.15. The number of benzene rings is 2. The molecule has 0 radical (unpaired) electrons. The Kier molecular flexibility index (Phi) is 7.48. The van der Waals surface area contributed by atoms with Crippen molar-refractivity contribution in [3.63, 3.8) is 0 Å². The van der Waals surface area contributed by atoms with Gasteiger partial charge in [0.25, 0.3) is 5.91 Å². The summed E-state index contributed by atoms with van der Waals surface area (Å²) in [6.45, 7) is 2.30. The first-order valence-electron chi connectivity index (χ1n) is 10.9. The van der Waals surface area contributed by atoms with Gasteiger partial charge >= 0.3 is 0 Å². The molecule has 1 amide bonds. The maximum absolute atomic E-state index is 14.8. The summed E-state index contributed by atoms with van der Waals surface area (Å²) in [6.07, 6.45) is 1.55. The van der Waals surface area contributed by atoms with Gasteiger partial charge in [-0.05, 0) is 49.4 Å². The minimum absolute atomic E-state index is 0.00306. The van der Waals surface area contributed by atoms with E-state index in [4.69, 9.17) is 14.2 Å². The minimum Gasteiger partial charge on any atom is -0.488 e. The van der Waals surface area contributed by atoms with Gasteiger partial charge < -0.3 is 24.1 Å². The summed E-state index contributed by atoms with van der Waals surface area (Å²) >= 11 is 1.54. The number of thiazole rings is 1. The topological polar surface area (TPSA) is 76.7 Å². The molecule has 0 bridgehead atoms. The van der Waals surface area contributed by atoms with Gasteiger partial charge in [0, 0.05) is 55.7 Å². The molecule has 0 aliphatic carbocycles. The lowest BCUT2D eigenvalue weighted by molar-refractivity contribution is 0.0827. The number of methoxy groups -OCH3 is 1. The van der Waals surface area contributed by atoms with Crippen molar-refractivity contribution in [3.8, 4) is 39.2 Å². The molecule has 0 unspecified atom stereocenters. The Labute approximate surface area is 207 Å². The van der Waals surface area contributed by atoms with E-state index in [-0.39, 0.29) is 23.3 Å². The number of ether oxygens (including phenoxy) is 3. The van der Waals surface area contributed by atoms with Crippen LogP contribution in [0.2, 0.25) is 0 Å². The van der Waals surface area contributed by atoms with Gasteiger partial charge in [0.1, 0.15) is 22.6 Å². The Morgan fingerprint density at radius 3 is 2.57 bits per heavy atom. The molecule has 1 atom stereocenters. The van der Waals surface area contributed by atoms with Crippen LogP contribution in [0, 0.1) is 5.82 Å². The molecular weight excluding hydrogens is 469 g/mol. The van der Waals surface area contributed by atoms with Crippen LogP contribution in [-0.2, 0) is 4.74 Å². The monoisotopic (exact) mass is 495 g/mol. The second-order valence-corrected chi connectivity index (χ2v) is 9.04. The second kappa shape index (κ2) is 10.7. The standard InChI is InChI=1S/C26H26FN3O4S/c1-16(15-32-4)33-19-11-18(22-6-7-23(29-22)25-28-9-10-35-25)12-20(14-19)34-24-8-5-17(13-21(24)27)26(31)30(2)3/h5-14,16,29H,15H2,1-4H3/t16-/m0/s1. The van der Waals surface area contributed by atoms with E-state index in [1.54, 1.807) is 39.5 Å². The highest BCUT2D eigenvalue weighted by molar-refractivity contribution is 7.13. The molecule has 4 rings (SSSR count). The molecule has 2 aromatic heterocycles. The van der Waals surface area contributed by atoms with Gasteiger partial charge in [-0.15, -0.1) is 11.3 Å². The Hall–Kier alpha value is -3.69. The maximum atomic E-state index is 14.8. The fourth-order valence-corrected chi connectivity index (χ4v) is 4.12. The van der Waals surface area contributed by atoms with Gasteiger partial charge in [-0.25, -0.2) is 9.37 Å². The SMILES string of the molecule is COC[C@H](C)Oc1cc(Oc2ccc(C(=O)N(C)C)cc2F)cc(-c2ccc(-c3nccs3)[nH]2)c1. The Balaban J connectivity index is 1.66. The first kappa shape index (κ1) is 24.4. The molecule has 2 heterocycles. The number of hydrogen-bond acceptors (Lipinski definition) is 6. The number of nitrogens with zero attached hydrogens (tertiary/aromatic N) is 2. The average molecular weight is 496 g/mol. The Bertz CT molecular complexity index is 1300. The molecule has 0 fully saturated rings. The van der Waals surface area contributed by atoms with Crippen LogP contribution < -0.4 is 9.47 Å². The van der Waals surface area contributed by atoms with Crippen LogP contribution in [0.4, 0.5) is 4.39 Å². The van der Waals surface area contributed by atoms with Crippen molar-refractivity contribution in [1.82, 2.24) is 14.9 Å². The predicted molar refractivity (Wildman–Crippen MR) is 134 cm³/mol. The van der Waals surface area contributed by atoms with E-state index >= 15 is 0 Å². The predicted octanol–water partition coefficient (Wildman–Crippen LogP) is 5.85. The number of carbonyl (C=O) groups is 1. The summed E-state index contributed by atoms with van der Waals surface area (Å²) in [6, 6.07) is 13.4. The van der Waals surface area contributed by atoms with Crippen LogP contribution in [0.3, 0.4) is 0 Å². The highest BCUT2D eigenvalue weighted by Gasteiger charge is 2.15. The van der Waals surface area contributed by atoms with Gasteiger partial charge in [-0.1, -0.05) is 0 Å². The molecule has 2 aromatic carbocycles. The van der Waals surface area contributed by atoms with Gasteiger partial charge in [0.2, 0.25) is 0 Å². The van der Waals surface area contributed by atoms with Gasteiger partial charge in [-0.3, -0.25) is 4.79 Å². The summed E-state index contributed by atoms with van der Waals surface area (Å²) < 4.78 is 31.9. The van der Waals surface area contributed by atoms with E-state index < -0.39 is 5.82 Å². The molecule has 9 heteroatoms. The third-order valence-corrected chi connectivity index (χ3v) is 5.90. The van der Waals surface area contributed by atoms with Crippen molar-refractivity contribution < 1.29 is 23.4 Å². The quantitative estimate of drug-likeness (QED) is 0.315. The number of aromatic nitrogens is 2. The Morgan fingerprint density at radius 1 is 1.11 bits per heavy atom. The van der Waals surface area contributed by atoms with Crippen LogP contribution >= 0.6 is 11.3 Å². The average Bonchev–Trinajstić information content (AvgIpc) is 3.52. The highest BCUT2D eigenvalue weighted by atomic mass is 32.1. The number of carbonyl (C=O) groups excluding carboxylic acids is 1. The number of halogens is 1. The lowest BCUT2D eigenvalue weighted by Crippen LogP contribution is -2.21. The normalized spacial score (nSPS) is 11.8.